The molecule has 1 amide bonds. The molecule has 5 rings (SSSR count). The van der Waals surface area contributed by atoms with E-state index in [1.165, 1.54) is 7.11 Å². The summed E-state index contributed by atoms with van der Waals surface area (Å²) < 4.78 is 40.1. The van der Waals surface area contributed by atoms with Crippen LogP contribution in [-0.2, 0) is 16.1 Å². The number of fused-ring (bicyclic) bond motifs is 1. The van der Waals surface area contributed by atoms with Crippen LogP contribution >= 0.6 is 22.9 Å². The van der Waals surface area contributed by atoms with Crippen molar-refractivity contribution in [2.24, 2.45) is 0 Å². The molecule has 43 heavy (non-hydrogen) atoms. The number of amides is 1. The van der Waals surface area contributed by atoms with Crippen molar-refractivity contribution in [3.63, 3.8) is 0 Å². The molecule has 0 radical (unpaired) electrons. The summed E-state index contributed by atoms with van der Waals surface area (Å²) >= 11 is 7.45. The van der Waals surface area contributed by atoms with Crippen LogP contribution in [0, 0.1) is 11.6 Å². The van der Waals surface area contributed by atoms with E-state index in [9.17, 15) is 18.4 Å². The molecule has 1 heterocycles. The average molecular weight is 626 g/mol. The summed E-state index contributed by atoms with van der Waals surface area (Å²) in [5.41, 5.74) is 4.14. The molecule has 0 bridgehead atoms. The number of ether oxygens (including phenoxy) is 2. The van der Waals surface area contributed by atoms with Crippen LogP contribution in [0.3, 0.4) is 0 Å². The SMILES string of the molecule is CCC1=CC=C(c2ccc(OC)c(CN(C(=O)c3sc4c(F)ccc(F)c4c3Cl)C3CCCCC3)c2)C=C(C(=O)OC)C1. The molecule has 1 saturated carbocycles. The molecule has 5 nitrogen and oxygen atoms in total. The number of rotatable bonds is 8. The largest absolute Gasteiger partial charge is 0.496 e. The minimum absolute atomic E-state index is 0.0320. The summed E-state index contributed by atoms with van der Waals surface area (Å²) in [6.07, 6.45) is 11.9. The molecular formula is C34H34ClF2NO4S. The van der Waals surface area contributed by atoms with E-state index in [4.69, 9.17) is 21.1 Å². The Bertz CT molecular complexity index is 1650. The first-order valence-electron chi connectivity index (χ1n) is 14.5. The minimum atomic E-state index is -0.661. The van der Waals surface area contributed by atoms with Crippen LogP contribution in [0.1, 0.15) is 72.7 Å². The monoisotopic (exact) mass is 625 g/mol. The Hall–Kier alpha value is -3.49. The van der Waals surface area contributed by atoms with Gasteiger partial charge in [0.2, 0.25) is 0 Å². The normalized spacial score (nSPS) is 15.8. The Morgan fingerprint density at radius 2 is 1.79 bits per heavy atom. The van der Waals surface area contributed by atoms with Crippen molar-refractivity contribution < 1.29 is 27.8 Å². The number of carbonyl (C=O) groups excluding carboxylic acids is 2. The van der Waals surface area contributed by atoms with Gasteiger partial charge >= 0.3 is 5.97 Å². The molecule has 2 aliphatic rings. The maximum absolute atomic E-state index is 14.7. The maximum atomic E-state index is 14.7. The van der Waals surface area contributed by atoms with Crippen molar-refractivity contribution in [2.75, 3.05) is 14.2 Å². The first-order chi connectivity index (χ1) is 20.7. The van der Waals surface area contributed by atoms with E-state index in [-0.39, 0.29) is 44.4 Å². The van der Waals surface area contributed by atoms with Crippen molar-refractivity contribution in [3.8, 4) is 5.75 Å². The van der Waals surface area contributed by atoms with Gasteiger partial charge in [-0.05, 0) is 60.7 Å². The fourth-order valence-corrected chi connectivity index (χ4v) is 7.38. The molecule has 0 spiro atoms. The number of allylic oxidation sites excluding steroid dienone is 5. The third-order valence-electron chi connectivity index (χ3n) is 8.25. The Morgan fingerprint density at radius 3 is 2.47 bits per heavy atom. The summed E-state index contributed by atoms with van der Waals surface area (Å²) in [5.74, 6) is -1.40. The molecule has 9 heteroatoms. The molecule has 0 atom stereocenters. The highest BCUT2D eigenvalue weighted by molar-refractivity contribution is 7.21. The highest BCUT2D eigenvalue weighted by atomic mass is 35.5. The van der Waals surface area contributed by atoms with E-state index in [0.29, 0.717) is 17.7 Å². The van der Waals surface area contributed by atoms with Crippen molar-refractivity contribution in [2.45, 2.75) is 64.5 Å². The topological polar surface area (TPSA) is 55.8 Å². The molecule has 0 N–H and O–H groups in total. The van der Waals surface area contributed by atoms with E-state index in [1.54, 1.807) is 12.0 Å². The second kappa shape index (κ2) is 13.4. The van der Waals surface area contributed by atoms with E-state index >= 15 is 0 Å². The highest BCUT2D eigenvalue weighted by Gasteiger charge is 2.31. The van der Waals surface area contributed by atoms with E-state index < -0.39 is 11.6 Å². The Kier molecular flexibility index (Phi) is 9.67. The zero-order valence-corrected chi connectivity index (χ0v) is 26.0. The molecule has 0 aliphatic heterocycles. The van der Waals surface area contributed by atoms with E-state index in [2.05, 4.69) is 0 Å². The summed E-state index contributed by atoms with van der Waals surface area (Å²) in [5, 5.41) is -0.127. The van der Waals surface area contributed by atoms with Gasteiger partial charge in [-0.3, -0.25) is 4.79 Å². The van der Waals surface area contributed by atoms with Gasteiger partial charge < -0.3 is 14.4 Å². The molecule has 1 fully saturated rings. The second-order valence-electron chi connectivity index (χ2n) is 10.9. The van der Waals surface area contributed by atoms with Gasteiger partial charge in [-0.15, -0.1) is 11.3 Å². The second-order valence-corrected chi connectivity index (χ2v) is 12.3. The number of esters is 1. The lowest BCUT2D eigenvalue weighted by atomic mass is 9.93. The smallest absolute Gasteiger partial charge is 0.334 e. The summed E-state index contributed by atoms with van der Waals surface area (Å²) in [4.78, 5) is 28.6. The lowest BCUT2D eigenvalue weighted by Gasteiger charge is -2.34. The number of halogens is 3. The number of benzene rings is 2. The number of nitrogens with zero attached hydrogens (tertiary/aromatic N) is 1. The Labute approximate surface area is 259 Å². The lowest BCUT2D eigenvalue weighted by molar-refractivity contribution is -0.136. The molecule has 226 valence electrons. The third-order valence-corrected chi connectivity index (χ3v) is 9.93. The minimum Gasteiger partial charge on any atom is -0.496 e. The molecule has 0 unspecified atom stereocenters. The molecule has 0 saturated heterocycles. The number of thiophene rings is 1. The zero-order valence-electron chi connectivity index (χ0n) is 24.5. The van der Waals surface area contributed by atoms with Crippen molar-refractivity contribution in [3.05, 3.63) is 92.4 Å². The van der Waals surface area contributed by atoms with Crippen molar-refractivity contribution in [1.82, 2.24) is 4.90 Å². The number of carbonyl (C=O) groups is 2. The van der Waals surface area contributed by atoms with Gasteiger partial charge in [0.1, 0.15) is 22.3 Å². The van der Waals surface area contributed by atoms with Crippen LogP contribution in [-0.4, -0.2) is 37.0 Å². The lowest BCUT2D eigenvalue weighted by Crippen LogP contribution is -2.40. The predicted octanol–water partition coefficient (Wildman–Crippen LogP) is 9.04. The van der Waals surface area contributed by atoms with Gasteiger partial charge in [0.25, 0.3) is 5.91 Å². The first kappa shape index (κ1) is 31.0. The van der Waals surface area contributed by atoms with Gasteiger partial charge in [0.05, 0.1) is 29.3 Å². The third kappa shape index (κ3) is 6.41. The van der Waals surface area contributed by atoms with Crippen molar-refractivity contribution >= 4 is 50.5 Å². The number of hydrogen-bond donors (Lipinski definition) is 0. The fourth-order valence-electron chi connectivity index (χ4n) is 5.87. The Morgan fingerprint density at radius 1 is 1.05 bits per heavy atom. The van der Waals surface area contributed by atoms with Gasteiger partial charge in [-0.2, -0.15) is 0 Å². The van der Waals surface area contributed by atoms with Crippen LogP contribution in [0.15, 0.2) is 59.7 Å². The quantitative estimate of drug-likeness (QED) is 0.234. The van der Waals surface area contributed by atoms with Gasteiger partial charge in [-0.25, -0.2) is 13.6 Å². The molecule has 2 aromatic carbocycles. The maximum Gasteiger partial charge on any atom is 0.334 e. The van der Waals surface area contributed by atoms with Crippen LogP contribution in [0.25, 0.3) is 15.7 Å². The first-order valence-corrected chi connectivity index (χ1v) is 15.7. The zero-order chi connectivity index (χ0) is 30.7. The summed E-state index contributed by atoms with van der Waals surface area (Å²) in [7, 11) is 2.96. The number of hydrogen-bond acceptors (Lipinski definition) is 5. The number of methoxy groups -OCH3 is 2. The van der Waals surface area contributed by atoms with Crippen molar-refractivity contribution in [1.29, 1.82) is 0 Å². The van der Waals surface area contributed by atoms with E-state index in [1.807, 2.05) is 43.4 Å². The molecular weight excluding hydrogens is 592 g/mol. The van der Waals surface area contributed by atoms with Crippen LogP contribution in [0.5, 0.6) is 5.75 Å². The molecule has 1 aromatic heterocycles. The van der Waals surface area contributed by atoms with E-state index in [0.717, 1.165) is 84.3 Å². The van der Waals surface area contributed by atoms with Crippen LogP contribution < -0.4 is 4.74 Å². The van der Waals surface area contributed by atoms with Gasteiger partial charge in [-0.1, -0.05) is 61.6 Å². The summed E-state index contributed by atoms with van der Waals surface area (Å²) in [6.45, 7) is 2.26. The average Bonchev–Trinajstić information content (AvgIpc) is 3.24. The van der Waals surface area contributed by atoms with Crippen LogP contribution in [0.4, 0.5) is 8.78 Å². The molecule has 2 aliphatic carbocycles. The fraction of sp³-hybridized carbons (Fsp3) is 0.353. The van der Waals surface area contributed by atoms with Gasteiger partial charge in [0, 0.05) is 30.1 Å². The Balaban J connectivity index is 1.57. The molecule has 3 aromatic rings. The van der Waals surface area contributed by atoms with Gasteiger partial charge in [0.15, 0.2) is 0 Å². The standard InChI is InChI=1S/C34H34ClF2NO4S/c1-4-20-10-11-21(17-23(16-20)34(40)42-3)22-12-15-28(41-2)24(18-22)19-38(25-8-6-5-7-9-25)33(39)32-30(35)29-26(36)13-14-27(37)31(29)43-32/h10-15,17-18,25H,4-9,16,19H2,1-3H3. The summed E-state index contributed by atoms with van der Waals surface area (Å²) in [6, 6.07) is 7.76. The predicted molar refractivity (Wildman–Crippen MR) is 168 cm³/mol. The van der Waals surface area contributed by atoms with Crippen LogP contribution in [0.2, 0.25) is 5.02 Å². The highest BCUT2D eigenvalue weighted by Crippen LogP contribution is 2.40.